The van der Waals surface area contributed by atoms with E-state index in [4.69, 9.17) is 10.00 Å². The van der Waals surface area contributed by atoms with Crippen molar-refractivity contribution in [3.05, 3.63) is 34.8 Å². The molecule has 18 heavy (non-hydrogen) atoms. The molecule has 1 N–H and O–H groups in total. The number of methoxy groups -OCH3 is 1. The van der Waals surface area contributed by atoms with Gasteiger partial charge < -0.3 is 4.74 Å². The Hall–Kier alpha value is -2.13. The molecule has 0 bridgehead atoms. The smallest absolute Gasteiger partial charge is 0.182 e. The lowest BCUT2D eigenvalue weighted by molar-refractivity contribution is 0.412. The number of anilines is 1. The molecule has 0 aliphatic rings. The van der Waals surface area contributed by atoms with Gasteiger partial charge in [0.1, 0.15) is 5.75 Å². The highest BCUT2D eigenvalue weighted by atomic mass is 79.9. The Labute approximate surface area is 113 Å². The summed E-state index contributed by atoms with van der Waals surface area (Å²) in [4.78, 5) is 0. The minimum absolute atomic E-state index is 0.425. The van der Waals surface area contributed by atoms with E-state index in [0.717, 1.165) is 21.5 Å². The maximum atomic E-state index is 8.45. The van der Waals surface area contributed by atoms with E-state index in [1.807, 2.05) is 18.2 Å². The molecule has 0 spiro atoms. The summed E-state index contributed by atoms with van der Waals surface area (Å²) < 4.78 is 6.01. The summed E-state index contributed by atoms with van der Waals surface area (Å²) in [5.41, 5.74) is 1.64. The SMILES string of the molecule is COc1ccc(-c2ccc(NC#N)nn2)cc1Br. The lowest BCUT2D eigenvalue weighted by atomic mass is 10.1. The zero-order valence-corrected chi connectivity index (χ0v) is 11.1. The summed E-state index contributed by atoms with van der Waals surface area (Å²) in [6.07, 6.45) is 1.79. The van der Waals surface area contributed by atoms with E-state index in [9.17, 15) is 0 Å². The molecule has 0 saturated heterocycles. The quantitative estimate of drug-likeness (QED) is 0.697. The van der Waals surface area contributed by atoms with Crippen LogP contribution in [0.25, 0.3) is 11.3 Å². The van der Waals surface area contributed by atoms with Gasteiger partial charge >= 0.3 is 0 Å². The van der Waals surface area contributed by atoms with E-state index >= 15 is 0 Å². The van der Waals surface area contributed by atoms with Crippen molar-refractivity contribution in [1.82, 2.24) is 10.2 Å². The maximum absolute atomic E-state index is 8.45. The van der Waals surface area contributed by atoms with E-state index < -0.39 is 0 Å². The van der Waals surface area contributed by atoms with Crippen molar-refractivity contribution in [3.8, 4) is 23.2 Å². The molecular formula is C12H9BrN4O. The Morgan fingerprint density at radius 1 is 1.28 bits per heavy atom. The highest BCUT2D eigenvalue weighted by molar-refractivity contribution is 9.10. The Bertz CT molecular complexity index is 592. The van der Waals surface area contributed by atoms with Crippen molar-refractivity contribution in [3.63, 3.8) is 0 Å². The second kappa shape index (κ2) is 5.47. The lowest BCUT2D eigenvalue weighted by Crippen LogP contribution is -1.95. The van der Waals surface area contributed by atoms with Crippen LogP contribution in [0, 0.1) is 11.5 Å². The van der Waals surface area contributed by atoms with E-state index in [-0.39, 0.29) is 0 Å². The summed E-state index contributed by atoms with van der Waals surface area (Å²) >= 11 is 3.42. The van der Waals surface area contributed by atoms with Crippen LogP contribution in [0.1, 0.15) is 0 Å². The molecule has 0 radical (unpaired) electrons. The molecule has 1 aromatic carbocycles. The van der Waals surface area contributed by atoms with Gasteiger partial charge in [0.15, 0.2) is 12.0 Å². The van der Waals surface area contributed by atoms with Crippen molar-refractivity contribution >= 4 is 21.7 Å². The first-order chi connectivity index (χ1) is 8.74. The molecule has 2 aromatic rings. The third-order valence-electron chi connectivity index (χ3n) is 2.30. The van der Waals surface area contributed by atoms with Gasteiger partial charge in [-0.2, -0.15) is 5.26 Å². The van der Waals surface area contributed by atoms with Crippen LogP contribution in [0.3, 0.4) is 0 Å². The largest absolute Gasteiger partial charge is 0.496 e. The van der Waals surface area contributed by atoms with Crippen molar-refractivity contribution in [1.29, 1.82) is 5.26 Å². The minimum atomic E-state index is 0.425. The number of nitrogens with zero attached hydrogens (tertiary/aromatic N) is 3. The van der Waals surface area contributed by atoms with Gasteiger partial charge in [-0.25, -0.2) is 0 Å². The molecule has 5 nitrogen and oxygen atoms in total. The molecule has 0 aliphatic heterocycles. The number of nitriles is 1. The van der Waals surface area contributed by atoms with E-state index in [2.05, 4.69) is 31.4 Å². The predicted molar refractivity (Wildman–Crippen MR) is 71.0 cm³/mol. The van der Waals surface area contributed by atoms with Gasteiger partial charge in [0.2, 0.25) is 0 Å². The Kier molecular flexibility index (Phi) is 3.75. The fraction of sp³-hybridized carbons (Fsp3) is 0.0833. The molecule has 0 fully saturated rings. The lowest BCUT2D eigenvalue weighted by Gasteiger charge is -2.05. The summed E-state index contributed by atoms with van der Waals surface area (Å²) in [5, 5.41) is 18.8. The van der Waals surface area contributed by atoms with Crippen LogP contribution in [-0.4, -0.2) is 17.3 Å². The molecule has 1 aromatic heterocycles. The third kappa shape index (κ3) is 2.57. The van der Waals surface area contributed by atoms with Crippen LogP contribution in [0.15, 0.2) is 34.8 Å². The molecular weight excluding hydrogens is 296 g/mol. The van der Waals surface area contributed by atoms with Crippen molar-refractivity contribution in [2.45, 2.75) is 0 Å². The number of nitrogens with one attached hydrogen (secondary N) is 1. The number of benzene rings is 1. The van der Waals surface area contributed by atoms with Crippen LogP contribution in [0.2, 0.25) is 0 Å². The summed E-state index contributed by atoms with van der Waals surface area (Å²) in [6, 6.07) is 9.14. The summed E-state index contributed by atoms with van der Waals surface area (Å²) in [5.74, 6) is 1.18. The molecule has 6 heteroatoms. The normalized spacial score (nSPS) is 9.61. The van der Waals surface area contributed by atoms with E-state index in [0.29, 0.717) is 5.82 Å². The number of rotatable bonds is 3. The van der Waals surface area contributed by atoms with Gasteiger partial charge in [0.25, 0.3) is 0 Å². The number of hydrogen-bond donors (Lipinski definition) is 1. The first-order valence-electron chi connectivity index (χ1n) is 5.07. The van der Waals surface area contributed by atoms with Crippen LogP contribution in [0.5, 0.6) is 5.75 Å². The van der Waals surface area contributed by atoms with Gasteiger partial charge in [-0.3, -0.25) is 5.32 Å². The number of ether oxygens (including phenoxy) is 1. The zero-order chi connectivity index (χ0) is 13.0. The van der Waals surface area contributed by atoms with Crippen LogP contribution >= 0.6 is 15.9 Å². The highest BCUT2D eigenvalue weighted by Crippen LogP contribution is 2.29. The minimum Gasteiger partial charge on any atom is -0.496 e. The zero-order valence-electron chi connectivity index (χ0n) is 9.51. The Morgan fingerprint density at radius 2 is 2.11 bits per heavy atom. The highest BCUT2D eigenvalue weighted by Gasteiger charge is 2.05. The van der Waals surface area contributed by atoms with Gasteiger partial charge in [-0.1, -0.05) is 0 Å². The molecule has 0 saturated carbocycles. The van der Waals surface area contributed by atoms with Gasteiger partial charge in [0.05, 0.1) is 17.3 Å². The fourth-order valence-electron chi connectivity index (χ4n) is 1.44. The molecule has 0 unspecified atom stereocenters. The van der Waals surface area contributed by atoms with Crippen molar-refractivity contribution in [2.24, 2.45) is 0 Å². The monoisotopic (exact) mass is 304 g/mol. The molecule has 0 amide bonds. The van der Waals surface area contributed by atoms with Gasteiger partial charge in [-0.05, 0) is 46.3 Å². The van der Waals surface area contributed by atoms with Crippen LogP contribution in [0.4, 0.5) is 5.82 Å². The summed E-state index contributed by atoms with van der Waals surface area (Å²) in [7, 11) is 1.61. The van der Waals surface area contributed by atoms with Gasteiger partial charge in [0, 0.05) is 5.56 Å². The number of hydrogen-bond acceptors (Lipinski definition) is 5. The predicted octanol–water partition coefficient (Wildman–Crippen LogP) is 2.81. The topological polar surface area (TPSA) is 70.8 Å². The average Bonchev–Trinajstić information content (AvgIpc) is 2.40. The fourth-order valence-corrected chi connectivity index (χ4v) is 1.98. The van der Waals surface area contributed by atoms with Crippen molar-refractivity contribution in [2.75, 3.05) is 12.4 Å². The second-order valence-electron chi connectivity index (χ2n) is 3.39. The van der Waals surface area contributed by atoms with Crippen molar-refractivity contribution < 1.29 is 4.74 Å². The van der Waals surface area contributed by atoms with Crippen LogP contribution in [-0.2, 0) is 0 Å². The molecule has 2 rings (SSSR count). The van der Waals surface area contributed by atoms with E-state index in [1.165, 1.54) is 0 Å². The first-order valence-corrected chi connectivity index (χ1v) is 5.86. The Balaban J connectivity index is 2.31. The summed E-state index contributed by atoms with van der Waals surface area (Å²) in [6.45, 7) is 0. The molecule has 0 atom stereocenters. The Morgan fingerprint density at radius 3 is 2.67 bits per heavy atom. The first kappa shape index (κ1) is 12.3. The third-order valence-corrected chi connectivity index (χ3v) is 2.92. The molecule has 0 aliphatic carbocycles. The number of halogens is 1. The van der Waals surface area contributed by atoms with E-state index in [1.54, 1.807) is 25.4 Å². The second-order valence-corrected chi connectivity index (χ2v) is 4.24. The van der Waals surface area contributed by atoms with Crippen LogP contribution < -0.4 is 10.1 Å². The standard InChI is InChI=1S/C12H9BrN4O/c1-18-11-4-2-8(6-9(11)13)10-3-5-12(15-7-14)17-16-10/h2-6H,1H3,(H,15,17). The van der Waals surface area contributed by atoms with Gasteiger partial charge in [-0.15, -0.1) is 10.2 Å². The number of aromatic nitrogens is 2. The molecule has 90 valence electrons. The molecule has 1 heterocycles. The maximum Gasteiger partial charge on any atom is 0.182 e. The average molecular weight is 305 g/mol.